The Morgan fingerprint density at radius 2 is 1.80 bits per heavy atom. The van der Waals surface area contributed by atoms with Gasteiger partial charge in [-0.1, -0.05) is 24.3 Å². The van der Waals surface area contributed by atoms with E-state index in [1.807, 2.05) is 11.0 Å². The third-order valence-corrected chi connectivity index (χ3v) is 5.34. The number of likely N-dealkylation sites (tertiary alicyclic amines) is 1. The fraction of sp³-hybridized carbons (Fsp3) is 0.318. The van der Waals surface area contributed by atoms with Crippen molar-refractivity contribution in [3.8, 4) is 0 Å². The van der Waals surface area contributed by atoms with Crippen LogP contribution in [0.4, 0.5) is 10.1 Å². The number of piperidine rings is 1. The second-order valence-corrected chi connectivity index (χ2v) is 7.51. The van der Waals surface area contributed by atoms with E-state index in [2.05, 4.69) is 10.6 Å². The van der Waals surface area contributed by atoms with Crippen LogP contribution in [0.25, 0.3) is 0 Å². The van der Waals surface area contributed by atoms with Crippen LogP contribution in [0.2, 0.25) is 0 Å². The first-order valence-corrected chi connectivity index (χ1v) is 9.75. The van der Waals surface area contributed by atoms with E-state index >= 15 is 0 Å². The highest BCUT2D eigenvalue weighted by Crippen LogP contribution is 2.33. The van der Waals surface area contributed by atoms with Crippen molar-refractivity contribution in [3.05, 3.63) is 65.5 Å². The number of carbonyl (C=O) groups is 3. The Morgan fingerprint density at radius 3 is 2.43 bits per heavy atom. The van der Waals surface area contributed by atoms with Crippen molar-refractivity contribution in [2.45, 2.75) is 25.3 Å². The lowest BCUT2D eigenvalue weighted by Gasteiger charge is -2.42. The molecule has 3 rings (SSSR count). The number of nitrogens with one attached hydrogen (secondary N) is 2. The SMILES string of the molecule is CC(=O)NC1(c2cccc(F)c2)CCN(CC(=O)Nc2ccccc2C(N)=O)CC1. The van der Waals surface area contributed by atoms with E-state index in [0.29, 0.717) is 31.6 Å². The molecule has 30 heavy (non-hydrogen) atoms. The predicted molar refractivity (Wildman–Crippen MR) is 111 cm³/mol. The molecule has 0 saturated carbocycles. The fourth-order valence-corrected chi connectivity index (χ4v) is 3.90. The van der Waals surface area contributed by atoms with Crippen LogP contribution in [0.15, 0.2) is 48.5 Å². The van der Waals surface area contributed by atoms with Gasteiger partial charge in [0, 0.05) is 20.0 Å². The molecule has 1 aliphatic rings. The minimum atomic E-state index is -0.667. The first-order chi connectivity index (χ1) is 14.3. The van der Waals surface area contributed by atoms with Crippen LogP contribution in [0.5, 0.6) is 0 Å². The standard InChI is InChI=1S/C22H25FN4O3/c1-15(28)26-22(16-5-4-6-17(23)13-16)9-11-27(12-10-22)14-20(29)25-19-8-3-2-7-18(19)21(24)30/h2-8,13H,9-12,14H2,1H3,(H2,24,30)(H,25,29)(H,26,28). The number of para-hydroxylation sites is 1. The lowest BCUT2D eigenvalue weighted by Crippen LogP contribution is -2.53. The van der Waals surface area contributed by atoms with Gasteiger partial charge >= 0.3 is 0 Å². The normalized spacial score (nSPS) is 15.9. The molecule has 2 aromatic carbocycles. The molecule has 1 heterocycles. The van der Waals surface area contributed by atoms with Crippen molar-refractivity contribution in [2.24, 2.45) is 5.73 Å². The molecule has 0 aliphatic carbocycles. The molecule has 0 radical (unpaired) electrons. The molecule has 0 spiro atoms. The lowest BCUT2D eigenvalue weighted by atomic mass is 9.80. The van der Waals surface area contributed by atoms with E-state index in [1.165, 1.54) is 19.1 Å². The number of rotatable bonds is 6. The third-order valence-electron chi connectivity index (χ3n) is 5.34. The van der Waals surface area contributed by atoms with Gasteiger partial charge in [-0.3, -0.25) is 19.3 Å². The average molecular weight is 412 g/mol. The zero-order valence-corrected chi connectivity index (χ0v) is 16.8. The number of hydrogen-bond donors (Lipinski definition) is 3. The van der Waals surface area contributed by atoms with Crippen LogP contribution in [-0.4, -0.2) is 42.3 Å². The Hall–Kier alpha value is -3.26. The van der Waals surface area contributed by atoms with Gasteiger partial charge in [-0.05, 0) is 42.7 Å². The zero-order chi connectivity index (χ0) is 21.7. The van der Waals surface area contributed by atoms with Crippen molar-refractivity contribution in [3.63, 3.8) is 0 Å². The van der Waals surface area contributed by atoms with Crippen LogP contribution in [0, 0.1) is 5.82 Å². The second-order valence-electron chi connectivity index (χ2n) is 7.51. The lowest BCUT2D eigenvalue weighted by molar-refractivity contribution is -0.122. The van der Waals surface area contributed by atoms with Crippen LogP contribution in [0.3, 0.4) is 0 Å². The largest absolute Gasteiger partial charge is 0.366 e. The van der Waals surface area contributed by atoms with Gasteiger partial charge in [-0.2, -0.15) is 0 Å². The summed E-state index contributed by atoms with van der Waals surface area (Å²) in [6.07, 6.45) is 1.09. The Kier molecular flexibility index (Phi) is 6.47. The highest BCUT2D eigenvalue weighted by Gasteiger charge is 2.37. The number of anilines is 1. The number of carbonyl (C=O) groups excluding carboxylic acids is 3. The number of halogens is 1. The summed E-state index contributed by atoms with van der Waals surface area (Å²) >= 11 is 0. The quantitative estimate of drug-likeness (QED) is 0.675. The molecule has 4 N–H and O–H groups in total. The maximum atomic E-state index is 13.8. The summed E-state index contributed by atoms with van der Waals surface area (Å²) < 4.78 is 13.8. The van der Waals surface area contributed by atoms with Gasteiger partial charge in [-0.15, -0.1) is 0 Å². The Labute approximate surface area is 174 Å². The molecule has 3 amide bonds. The summed E-state index contributed by atoms with van der Waals surface area (Å²) in [5.41, 5.74) is 6.03. The van der Waals surface area contributed by atoms with E-state index in [-0.39, 0.29) is 29.7 Å². The number of benzene rings is 2. The van der Waals surface area contributed by atoms with Gasteiger partial charge in [-0.25, -0.2) is 4.39 Å². The predicted octanol–water partition coefficient (Wildman–Crippen LogP) is 1.99. The van der Waals surface area contributed by atoms with Crippen molar-refractivity contribution < 1.29 is 18.8 Å². The number of amides is 3. The van der Waals surface area contributed by atoms with Crippen molar-refractivity contribution >= 4 is 23.4 Å². The summed E-state index contributed by atoms with van der Waals surface area (Å²) in [6, 6.07) is 12.8. The summed E-state index contributed by atoms with van der Waals surface area (Å²) in [5.74, 6) is -1.42. The number of nitrogens with zero attached hydrogens (tertiary/aromatic N) is 1. The Balaban J connectivity index is 1.66. The van der Waals surface area contributed by atoms with Gasteiger partial charge in [0.1, 0.15) is 5.82 Å². The van der Waals surface area contributed by atoms with Crippen molar-refractivity contribution in [1.82, 2.24) is 10.2 Å². The Bertz CT molecular complexity index is 955. The monoisotopic (exact) mass is 412 g/mol. The Morgan fingerprint density at radius 1 is 1.10 bits per heavy atom. The van der Waals surface area contributed by atoms with Crippen LogP contribution in [-0.2, 0) is 15.1 Å². The molecular formula is C22H25FN4O3. The van der Waals surface area contributed by atoms with E-state index in [9.17, 15) is 18.8 Å². The van der Waals surface area contributed by atoms with Crippen LogP contribution in [0.1, 0.15) is 35.7 Å². The third kappa shape index (κ3) is 5.01. The molecule has 0 atom stereocenters. The summed E-state index contributed by atoms with van der Waals surface area (Å²) in [5, 5.41) is 5.72. The highest BCUT2D eigenvalue weighted by molar-refractivity contribution is 6.03. The minimum absolute atomic E-state index is 0.131. The van der Waals surface area contributed by atoms with Gasteiger partial charge in [0.25, 0.3) is 5.91 Å². The van der Waals surface area contributed by atoms with Crippen molar-refractivity contribution in [2.75, 3.05) is 25.0 Å². The van der Waals surface area contributed by atoms with Gasteiger partial charge in [0.15, 0.2) is 0 Å². The van der Waals surface area contributed by atoms with Gasteiger partial charge in [0.05, 0.1) is 23.3 Å². The van der Waals surface area contributed by atoms with E-state index in [4.69, 9.17) is 5.73 Å². The molecule has 1 aliphatic heterocycles. The van der Waals surface area contributed by atoms with Crippen LogP contribution < -0.4 is 16.4 Å². The summed E-state index contributed by atoms with van der Waals surface area (Å²) in [4.78, 5) is 37.8. The molecule has 0 unspecified atom stereocenters. The first kappa shape index (κ1) is 21.4. The molecule has 2 aromatic rings. The van der Waals surface area contributed by atoms with E-state index in [1.54, 1.807) is 30.3 Å². The number of nitrogens with two attached hydrogens (primary N) is 1. The van der Waals surface area contributed by atoms with Gasteiger partial charge < -0.3 is 16.4 Å². The van der Waals surface area contributed by atoms with E-state index < -0.39 is 11.4 Å². The fourth-order valence-electron chi connectivity index (χ4n) is 3.90. The molecular weight excluding hydrogens is 387 g/mol. The molecule has 1 fully saturated rings. The number of primary amides is 1. The molecule has 8 heteroatoms. The number of hydrogen-bond acceptors (Lipinski definition) is 4. The molecule has 7 nitrogen and oxygen atoms in total. The zero-order valence-electron chi connectivity index (χ0n) is 16.8. The van der Waals surface area contributed by atoms with Crippen molar-refractivity contribution in [1.29, 1.82) is 0 Å². The molecule has 0 aromatic heterocycles. The molecule has 0 bridgehead atoms. The average Bonchev–Trinajstić information content (AvgIpc) is 2.69. The van der Waals surface area contributed by atoms with E-state index in [0.717, 1.165) is 5.56 Å². The molecule has 1 saturated heterocycles. The van der Waals surface area contributed by atoms with Crippen LogP contribution >= 0.6 is 0 Å². The highest BCUT2D eigenvalue weighted by atomic mass is 19.1. The maximum Gasteiger partial charge on any atom is 0.250 e. The topological polar surface area (TPSA) is 105 Å². The summed E-state index contributed by atoms with van der Waals surface area (Å²) in [6.45, 7) is 2.66. The smallest absolute Gasteiger partial charge is 0.250 e. The maximum absolute atomic E-state index is 13.8. The first-order valence-electron chi connectivity index (χ1n) is 9.75. The minimum Gasteiger partial charge on any atom is -0.366 e. The molecule has 158 valence electrons. The van der Waals surface area contributed by atoms with Gasteiger partial charge in [0.2, 0.25) is 11.8 Å². The second kappa shape index (κ2) is 9.04. The summed E-state index contributed by atoms with van der Waals surface area (Å²) in [7, 11) is 0.